The number of thioether (sulfide) groups is 1. The van der Waals surface area contributed by atoms with Crippen LogP contribution in [0, 0.1) is 13.8 Å². The zero-order chi connectivity index (χ0) is 30.2. The van der Waals surface area contributed by atoms with Crippen molar-refractivity contribution in [1.82, 2.24) is 19.6 Å². The van der Waals surface area contributed by atoms with E-state index in [9.17, 15) is 14.7 Å². The summed E-state index contributed by atoms with van der Waals surface area (Å²) in [5.74, 6) is -0.883. The summed E-state index contributed by atoms with van der Waals surface area (Å²) in [6, 6.07) is 17.5. The fourth-order valence-electron chi connectivity index (χ4n) is 5.07. The minimum Gasteiger partial charge on any atom is -0.505 e. The average Bonchev–Trinajstić information content (AvgIpc) is 3.68. The molecule has 2 aromatic carbocycles. The molecular formula is C31H26ClN5O4S2. The molecular weight excluding hydrogens is 606 g/mol. The Kier molecular flexibility index (Phi) is 7.95. The molecule has 1 aliphatic heterocycles. The second kappa shape index (κ2) is 11.8. The molecule has 1 unspecified atom stereocenters. The van der Waals surface area contributed by atoms with Crippen molar-refractivity contribution < 1.29 is 19.4 Å². The zero-order valence-corrected chi connectivity index (χ0v) is 25.8. The van der Waals surface area contributed by atoms with E-state index in [0.717, 1.165) is 11.1 Å². The Hall–Kier alpha value is -4.19. The highest BCUT2D eigenvalue weighted by Crippen LogP contribution is 2.45. The van der Waals surface area contributed by atoms with E-state index in [1.165, 1.54) is 28.0 Å². The number of halogens is 1. The van der Waals surface area contributed by atoms with E-state index in [2.05, 4.69) is 15.2 Å². The molecule has 5 aromatic rings. The predicted molar refractivity (Wildman–Crippen MR) is 168 cm³/mol. The van der Waals surface area contributed by atoms with E-state index >= 15 is 0 Å². The Morgan fingerprint density at radius 2 is 1.91 bits per heavy atom. The lowest BCUT2D eigenvalue weighted by Gasteiger charge is -2.22. The predicted octanol–water partition coefficient (Wildman–Crippen LogP) is 6.77. The number of hydrogen-bond donors (Lipinski definition) is 1. The van der Waals surface area contributed by atoms with Crippen molar-refractivity contribution in [1.29, 1.82) is 0 Å². The highest BCUT2D eigenvalue weighted by molar-refractivity contribution is 8.00. The minimum absolute atomic E-state index is 0.0803. The number of carbonyl (C=O) groups excluding carboxylic acids is 2. The molecule has 0 spiro atoms. The van der Waals surface area contributed by atoms with Gasteiger partial charge in [0.25, 0.3) is 5.78 Å². The number of benzene rings is 2. The summed E-state index contributed by atoms with van der Waals surface area (Å²) < 4.78 is 8.17. The molecule has 3 aromatic heterocycles. The second-order valence-corrected chi connectivity index (χ2v) is 12.4. The normalized spacial score (nSPS) is 16.4. The van der Waals surface area contributed by atoms with Crippen molar-refractivity contribution in [2.45, 2.75) is 36.9 Å². The first-order chi connectivity index (χ1) is 20.8. The number of imidazole rings is 1. The van der Waals surface area contributed by atoms with Crippen LogP contribution in [0.15, 0.2) is 76.8 Å². The summed E-state index contributed by atoms with van der Waals surface area (Å²) in [5, 5.41) is 21.2. The number of ether oxygens (including phenoxy) is 1. The number of aryl methyl sites for hydroxylation is 2. The number of amides is 1. The fraction of sp³-hybridized carbons (Fsp3) is 0.194. The summed E-state index contributed by atoms with van der Waals surface area (Å²) >= 11 is 8.93. The molecule has 9 nitrogen and oxygen atoms in total. The van der Waals surface area contributed by atoms with Crippen LogP contribution in [0.1, 0.15) is 41.0 Å². The third-order valence-electron chi connectivity index (χ3n) is 7.15. The molecule has 0 saturated carbocycles. The van der Waals surface area contributed by atoms with Crippen LogP contribution in [0.5, 0.6) is 5.75 Å². The number of carbonyl (C=O) groups is 2. The van der Waals surface area contributed by atoms with Crippen molar-refractivity contribution in [3.05, 3.63) is 106 Å². The molecule has 4 heterocycles. The quantitative estimate of drug-likeness (QED) is 0.0657. The van der Waals surface area contributed by atoms with Gasteiger partial charge in [-0.3, -0.25) is 14.5 Å². The lowest BCUT2D eigenvalue weighted by molar-refractivity contribution is -0.132. The number of nitrogens with zero attached hydrogens (tertiary/aromatic N) is 5. The van der Waals surface area contributed by atoms with Gasteiger partial charge in [0.15, 0.2) is 10.1 Å². The first-order valence-corrected chi connectivity index (χ1v) is 15.6. The first-order valence-electron chi connectivity index (χ1n) is 13.5. The largest absolute Gasteiger partial charge is 0.505 e. The Bertz CT molecular complexity index is 1920. The van der Waals surface area contributed by atoms with Crippen molar-refractivity contribution in [2.24, 2.45) is 0 Å². The number of aliphatic hydroxyl groups excluding tert-OH is 1. The number of hydrogen-bond acceptors (Lipinski definition) is 9. The minimum atomic E-state index is -0.986. The number of fused-ring (bicyclic) bond motifs is 1. The molecule has 0 aliphatic carbocycles. The van der Waals surface area contributed by atoms with E-state index in [4.69, 9.17) is 16.3 Å². The smallest absolute Gasteiger partial charge is 0.301 e. The van der Waals surface area contributed by atoms with Crippen molar-refractivity contribution in [3.63, 3.8) is 0 Å². The highest BCUT2D eigenvalue weighted by atomic mass is 35.5. The van der Waals surface area contributed by atoms with Gasteiger partial charge in [-0.25, -0.2) is 4.98 Å². The van der Waals surface area contributed by atoms with Gasteiger partial charge in [0.05, 0.1) is 23.9 Å². The third-order valence-corrected chi connectivity index (χ3v) is 9.62. The van der Waals surface area contributed by atoms with E-state index in [-0.39, 0.29) is 22.2 Å². The molecule has 218 valence electrons. The molecule has 43 heavy (non-hydrogen) atoms. The van der Waals surface area contributed by atoms with Crippen LogP contribution in [0.25, 0.3) is 11.4 Å². The third kappa shape index (κ3) is 5.28. The standard InChI is InChI=1S/C31H26ClN5O4S2/c1-4-41-21-12-7-11-19(15-21)25-23(26(38)24-18(3)36-14-8-9-17(2)28(36)33-24)27(39)29(40)37(25)30-34-35-31(43-30)42-16-20-10-5-6-13-22(20)32/h5-15,25,38H,4,16H2,1-3H3. The van der Waals surface area contributed by atoms with Crippen LogP contribution in [-0.2, 0) is 15.3 Å². The Labute approximate surface area is 260 Å². The molecule has 1 saturated heterocycles. The van der Waals surface area contributed by atoms with E-state index in [1.807, 2.05) is 67.8 Å². The van der Waals surface area contributed by atoms with Crippen molar-refractivity contribution >= 4 is 62.9 Å². The Morgan fingerprint density at radius 1 is 1.09 bits per heavy atom. The molecule has 1 fully saturated rings. The van der Waals surface area contributed by atoms with Crippen LogP contribution >= 0.6 is 34.7 Å². The second-order valence-electron chi connectivity index (χ2n) is 9.84. The van der Waals surface area contributed by atoms with E-state index in [0.29, 0.717) is 44.4 Å². The Morgan fingerprint density at radius 3 is 2.67 bits per heavy atom. The van der Waals surface area contributed by atoms with Gasteiger partial charge >= 0.3 is 5.91 Å². The van der Waals surface area contributed by atoms with Crippen LogP contribution in [0.3, 0.4) is 0 Å². The summed E-state index contributed by atoms with van der Waals surface area (Å²) in [5.41, 5.74) is 3.85. The van der Waals surface area contributed by atoms with Crippen LogP contribution in [0.2, 0.25) is 5.02 Å². The summed E-state index contributed by atoms with van der Waals surface area (Å²) in [7, 11) is 0. The van der Waals surface area contributed by atoms with E-state index < -0.39 is 17.7 Å². The molecule has 12 heteroatoms. The first kappa shape index (κ1) is 28.9. The lowest BCUT2D eigenvalue weighted by Crippen LogP contribution is -2.29. The number of rotatable bonds is 8. The summed E-state index contributed by atoms with van der Waals surface area (Å²) in [6.07, 6.45) is 1.84. The van der Waals surface area contributed by atoms with Gasteiger partial charge in [-0.15, -0.1) is 10.2 Å². The maximum atomic E-state index is 13.7. The summed E-state index contributed by atoms with van der Waals surface area (Å²) in [4.78, 5) is 33.3. The number of aliphatic hydroxyl groups is 1. The van der Waals surface area contributed by atoms with E-state index in [1.54, 1.807) is 24.3 Å². The van der Waals surface area contributed by atoms with Gasteiger partial charge in [-0.1, -0.05) is 71.1 Å². The van der Waals surface area contributed by atoms with Gasteiger partial charge < -0.3 is 14.2 Å². The number of aromatic nitrogens is 4. The average molecular weight is 632 g/mol. The van der Waals surface area contributed by atoms with Gasteiger partial charge in [0.1, 0.15) is 17.1 Å². The van der Waals surface area contributed by atoms with Crippen LogP contribution < -0.4 is 9.64 Å². The van der Waals surface area contributed by atoms with Gasteiger partial charge in [-0.05, 0) is 61.7 Å². The molecule has 6 rings (SSSR count). The van der Waals surface area contributed by atoms with Gasteiger partial charge in [0, 0.05) is 17.0 Å². The summed E-state index contributed by atoms with van der Waals surface area (Å²) in [6.45, 7) is 6.03. The van der Waals surface area contributed by atoms with Crippen molar-refractivity contribution in [3.8, 4) is 5.75 Å². The molecule has 1 atom stereocenters. The molecule has 1 N–H and O–H groups in total. The van der Waals surface area contributed by atoms with Crippen LogP contribution in [0.4, 0.5) is 5.13 Å². The monoisotopic (exact) mass is 631 g/mol. The van der Waals surface area contributed by atoms with Crippen molar-refractivity contribution in [2.75, 3.05) is 11.5 Å². The van der Waals surface area contributed by atoms with Gasteiger partial charge in [-0.2, -0.15) is 0 Å². The van der Waals surface area contributed by atoms with Crippen LogP contribution in [-0.4, -0.2) is 43.0 Å². The topological polar surface area (TPSA) is 110 Å². The maximum absolute atomic E-state index is 13.7. The number of anilines is 1. The highest BCUT2D eigenvalue weighted by Gasteiger charge is 2.49. The molecule has 1 amide bonds. The maximum Gasteiger partial charge on any atom is 0.301 e. The zero-order valence-electron chi connectivity index (χ0n) is 23.4. The molecule has 0 bridgehead atoms. The SMILES string of the molecule is CCOc1cccc(C2C(=C(O)c3nc4c(C)cccn4c3C)C(=O)C(=O)N2c2nnc(SCc3ccccc3Cl)s2)c1. The molecule has 0 radical (unpaired) electrons. The fourth-order valence-corrected chi connectivity index (χ4v) is 7.23. The number of pyridine rings is 1. The number of Topliss-reactive ketones (excluding diaryl/α,β-unsaturated/α-hetero) is 1. The number of ketones is 1. The molecule has 1 aliphatic rings. The van der Waals surface area contributed by atoms with Gasteiger partial charge in [0.2, 0.25) is 5.13 Å². The Balaban J connectivity index is 1.45. The lowest BCUT2D eigenvalue weighted by atomic mass is 9.96.